The third kappa shape index (κ3) is 5.60. The van der Waals surface area contributed by atoms with E-state index in [0.29, 0.717) is 19.8 Å². The normalized spacial score (nSPS) is 25.5. The first-order chi connectivity index (χ1) is 15.2. The fourth-order valence-corrected chi connectivity index (χ4v) is 4.10. The molecule has 0 aromatic heterocycles. The highest BCUT2D eigenvalue weighted by molar-refractivity contribution is 5.16. The quantitative estimate of drug-likeness (QED) is 0.545. The van der Waals surface area contributed by atoms with Gasteiger partial charge in [0, 0.05) is 5.92 Å². The zero-order chi connectivity index (χ0) is 21.5. The van der Waals surface area contributed by atoms with Crippen molar-refractivity contribution in [1.82, 2.24) is 0 Å². The van der Waals surface area contributed by atoms with E-state index in [4.69, 9.17) is 14.2 Å². The third-order valence-corrected chi connectivity index (χ3v) is 5.90. The van der Waals surface area contributed by atoms with Crippen LogP contribution in [0.1, 0.15) is 23.6 Å². The second kappa shape index (κ2) is 10.7. The van der Waals surface area contributed by atoms with E-state index in [1.165, 1.54) is 0 Å². The molecular weight excluding hydrogens is 388 g/mol. The molecule has 4 rings (SSSR count). The van der Waals surface area contributed by atoms with Crippen molar-refractivity contribution in [3.8, 4) is 0 Å². The molecule has 162 valence electrons. The molecule has 1 aliphatic carbocycles. The number of rotatable bonds is 9. The number of aliphatic hydroxyl groups excluding tert-OH is 1. The monoisotopic (exact) mass is 418 g/mol. The number of ether oxygens (including phenoxy) is 3. The van der Waals surface area contributed by atoms with E-state index in [9.17, 15) is 5.11 Å². The van der Waals surface area contributed by atoms with Gasteiger partial charge in [-0.1, -0.05) is 97.9 Å². The maximum atomic E-state index is 11.0. The van der Waals surface area contributed by atoms with Gasteiger partial charge in [-0.3, -0.25) is 0 Å². The SMILES string of the molecule is C[C@H]1[C@H](O)[C@@H](OCc2ccccc2)[C@@H](OCc2ccccc2)[C@@H]1OCc1ccccc1. The van der Waals surface area contributed by atoms with Crippen LogP contribution in [0.5, 0.6) is 0 Å². The molecular formula is C27H30O4. The zero-order valence-corrected chi connectivity index (χ0v) is 17.8. The average molecular weight is 419 g/mol. The topological polar surface area (TPSA) is 47.9 Å². The molecule has 5 atom stereocenters. The highest BCUT2D eigenvalue weighted by atomic mass is 16.6. The summed E-state index contributed by atoms with van der Waals surface area (Å²) in [5, 5.41) is 11.0. The smallest absolute Gasteiger partial charge is 0.113 e. The summed E-state index contributed by atoms with van der Waals surface area (Å²) < 4.78 is 18.8. The Labute approximate surface area is 184 Å². The van der Waals surface area contributed by atoms with Gasteiger partial charge in [-0.25, -0.2) is 0 Å². The fourth-order valence-electron chi connectivity index (χ4n) is 4.10. The van der Waals surface area contributed by atoms with Crippen LogP contribution in [-0.4, -0.2) is 29.5 Å². The highest BCUT2D eigenvalue weighted by Gasteiger charge is 2.50. The summed E-state index contributed by atoms with van der Waals surface area (Å²) in [7, 11) is 0. The van der Waals surface area contributed by atoms with Crippen LogP contribution in [0.4, 0.5) is 0 Å². The highest BCUT2D eigenvalue weighted by Crippen LogP contribution is 2.35. The van der Waals surface area contributed by atoms with Crippen molar-refractivity contribution in [3.63, 3.8) is 0 Å². The van der Waals surface area contributed by atoms with Gasteiger partial charge in [0.15, 0.2) is 0 Å². The lowest BCUT2D eigenvalue weighted by atomic mass is 10.1. The lowest BCUT2D eigenvalue weighted by molar-refractivity contribution is -0.134. The molecule has 3 aromatic rings. The van der Waals surface area contributed by atoms with Crippen LogP contribution in [0.15, 0.2) is 91.0 Å². The molecule has 1 N–H and O–H groups in total. The molecule has 4 nitrogen and oxygen atoms in total. The van der Waals surface area contributed by atoms with E-state index >= 15 is 0 Å². The molecule has 3 aromatic carbocycles. The van der Waals surface area contributed by atoms with Gasteiger partial charge < -0.3 is 19.3 Å². The molecule has 0 aliphatic heterocycles. The Bertz CT molecular complexity index is 845. The summed E-state index contributed by atoms with van der Waals surface area (Å²) in [5.41, 5.74) is 3.25. The number of aliphatic hydroxyl groups is 1. The van der Waals surface area contributed by atoms with Crippen LogP contribution in [0.25, 0.3) is 0 Å². The van der Waals surface area contributed by atoms with Gasteiger partial charge in [0.2, 0.25) is 0 Å². The lowest BCUT2D eigenvalue weighted by Crippen LogP contribution is -2.38. The molecule has 0 unspecified atom stereocenters. The fraction of sp³-hybridized carbons (Fsp3) is 0.333. The summed E-state index contributed by atoms with van der Waals surface area (Å²) in [4.78, 5) is 0. The first-order valence-electron chi connectivity index (χ1n) is 10.9. The predicted molar refractivity (Wildman–Crippen MR) is 120 cm³/mol. The second-order valence-corrected chi connectivity index (χ2v) is 8.13. The minimum absolute atomic E-state index is 0.106. The molecule has 0 saturated heterocycles. The number of hydrogen-bond acceptors (Lipinski definition) is 4. The van der Waals surface area contributed by atoms with E-state index in [0.717, 1.165) is 16.7 Å². The number of hydrogen-bond donors (Lipinski definition) is 1. The Hall–Kier alpha value is -2.50. The van der Waals surface area contributed by atoms with E-state index in [-0.39, 0.29) is 18.1 Å². The van der Waals surface area contributed by atoms with Gasteiger partial charge in [0.1, 0.15) is 12.2 Å². The Morgan fingerprint density at radius 1 is 0.548 bits per heavy atom. The minimum Gasteiger partial charge on any atom is -0.390 e. The van der Waals surface area contributed by atoms with Gasteiger partial charge in [0.25, 0.3) is 0 Å². The predicted octanol–water partition coefficient (Wildman–Crippen LogP) is 4.75. The van der Waals surface area contributed by atoms with E-state index in [1.54, 1.807) is 0 Å². The van der Waals surface area contributed by atoms with Crippen LogP contribution in [0, 0.1) is 5.92 Å². The van der Waals surface area contributed by atoms with Gasteiger partial charge in [-0.2, -0.15) is 0 Å². The Kier molecular flexibility index (Phi) is 7.49. The standard InChI is InChI=1S/C27H30O4/c1-20-24(28)26(30-18-22-13-7-3-8-14-22)27(31-19-23-15-9-4-10-16-23)25(20)29-17-21-11-5-2-6-12-21/h2-16,20,24-28H,17-19H2,1H3/t20-,24-,25+,26+,27-/m0/s1. The largest absolute Gasteiger partial charge is 0.390 e. The second-order valence-electron chi connectivity index (χ2n) is 8.13. The van der Waals surface area contributed by atoms with E-state index in [1.807, 2.05) is 97.9 Å². The maximum Gasteiger partial charge on any atom is 0.113 e. The third-order valence-electron chi connectivity index (χ3n) is 5.90. The van der Waals surface area contributed by atoms with Crippen LogP contribution in [0.2, 0.25) is 0 Å². The molecule has 31 heavy (non-hydrogen) atoms. The summed E-state index contributed by atoms with van der Waals surface area (Å²) >= 11 is 0. The van der Waals surface area contributed by atoms with Crippen molar-refractivity contribution >= 4 is 0 Å². The van der Waals surface area contributed by atoms with Crippen molar-refractivity contribution in [1.29, 1.82) is 0 Å². The summed E-state index contributed by atoms with van der Waals surface area (Å²) in [6, 6.07) is 30.1. The van der Waals surface area contributed by atoms with E-state index < -0.39 is 12.2 Å². The molecule has 0 radical (unpaired) electrons. The van der Waals surface area contributed by atoms with Gasteiger partial charge >= 0.3 is 0 Å². The minimum atomic E-state index is -0.662. The van der Waals surface area contributed by atoms with Crippen LogP contribution in [-0.2, 0) is 34.0 Å². The lowest BCUT2D eigenvalue weighted by Gasteiger charge is -2.26. The van der Waals surface area contributed by atoms with Gasteiger partial charge in [-0.15, -0.1) is 0 Å². The molecule has 1 aliphatic rings. The molecule has 4 heteroatoms. The van der Waals surface area contributed by atoms with Crippen LogP contribution >= 0.6 is 0 Å². The molecule has 0 bridgehead atoms. The van der Waals surface area contributed by atoms with Crippen molar-refractivity contribution in [2.45, 2.75) is 51.2 Å². The van der Waals surface area contributed by atoms with Crippen molar-refractivity contribution < 1.29 is 19.3 Å². The molecule has 1 saturated carbocycles. The zero-order valence-electron chi connectivity index (χ0n) is 17.8. The van der Waals surface area contributed by atoms with E-state index in [2.05, 4.69) is 0 Å². The molecule has 0 amide bonds. The first-order valence-corrected chi connectivity index (χ1v) is 10.9. The van der Waals surface area contributed by atoms with Crippen molar-refractivity contribution in [2.24, 2.45) is 5.92 Å². The summed E-state index contributed by atoms with van der Waals surface area (Å²) in [6.45, 7) is 3.34. The Balaban J connectivity index is 1.48. The summed E-state index contributed by atoms with van der Waals surface area (Å²) in [6.07, 6.45) is -1.75. The van der Waals surface area contributed by atoms with Crippen LogP contribution < -0.4 is 0 Å². The summed E-state index contributed by atoms with van der Waals surface area (Å²) in [5.74, 6) is -0.106. The molecule has 0 heterocycles. The van der Waals surface area contributed by atoms with Crippen molar-refractivity contribution in [3.05, 3.63) is 108 Å². The van der Waals surface area contributed by atoms with Crippen LogP contribution in [0.3, 0.4) is 0 Å². The average Bonchev–Trinajstić information content (AvgIpc) is 3.05. The Morgan fingerprint density at radius 2 is 0.903 bits per heavy atom. The van der Waals surface area contributed by atoms with Gasteiger partial charge in [0.05, 0.1) is 32.0 Å². The Morgan fingerprint density at radius 3 is 1.32 bits per heavy atom. The maximum absolute atomic E-state index is 11.0. The number of benzene rings is 3. The molecule has 1 fully saturated rings. The molecule has 0 spiro atoms. The first kappa shape index (κ1) is 21.7. The van der Waals surface area contributed by atoms with Crippen molar-refractivity contribution in [2.75, 3.05) is 0 Å². The van der Waals surface area contributed by atoms with Gasteiger partial charge in [-0.05, 0) is 16.7 Å².